The van der Waals surface area contributed by atoms with E-state index in [2.05, 4.69) is 24.6 Å². The lowest BCUT2D eigenvalue weighted by molar-refractivity contribution is -0.137. The number of aromatic nitrogens is 4. The molecule has 1 aliphatic heterocycles. The first kappa shape index (κ1) is 23.5. The Bertz CT molecular complexity index is 1310. The molecule has 0 aliphatic carbocycles. The molecular weight excluding hydrogens is 471 g/mol. The van der Waals surface area contributed by atoms with Crippen LogP contribution in [0.3, 0.4) is 0 Å². The summed E-state index contributed by atoms with van der Waals surface area (Å²) in [5.41, 5.74) is 0.0462. The minimum atomic E-state index is -4.72. The third kappa shape index (κ3) is 3.95. The summed E-state index contributed by atoms with van der Waals surface area (Å²) in [6.45, 7) is 4.85. The van der Waals surface area contributed by atoms with Crippen molar-refractivity contribution in [3.63, 3.8) is 0 Å². The van der Waals surface area contributed by atoms with Gasteiger partial charge < -0.3 is 15.1 Å². The molecule has 4 heterocycles. The van der Waals surface area contributed by atoms with Crippen molar-refractivity contribution < 1.29 is 22.8 Å². The maximum atomic E-state index is 13.7. The van der Waals surface area contributed by atoms with E-state index in [1.54, 1.807) is 33.2 Å². The third-order valence-electron chi connectivity index (χ3n) is 5.68. The summed E-state index contributed by atoms with van der Waals surface area (Å²) in [6.07, 6.45) is -2.00. The summed E-state index contributed by atoms with van der Waals surface area (Å²) >= 11 is 0.847. The van der Waals surface area contributed by atoms with Crippen molar-refractivity contribution in [2.75, 3.05) is 29.2 Å². The highest BCUT2D eigenvalue weighted by Crippen LogP contribution is 2.42. The number of hydrogen-bond acceptors (Lipinski definition) is 8. The van der Waals surface area contributed by atoms with Gasteiger partial charge in [-0.2, -0.15) is 22.5 Å². The van der Waals surface area contributed by atoms with E-state index < -0.39 is 28.9 Å². The molecule has 0 unspecified atom stereocenters. The lowest BCUT2D eigenvalue weighted by Crippen LogP contribution is -2.33. The molecule has 0 aromatic carbocycles. The number of halogens is 3. The molecule has 9 nitrogen and oxygen atoms in total. The SMILES string of the molecule is CC(=O)N(C)c1cnc(Nc2nc(-c3cc4c(cn3)N(C)C(=O)C4(C)C)ns2)c(C(F)(F)F)c1. The second-order valence-corrected chi connectivity index (χ2v) is 9.04. The second-order valence-electron chi connectivity index (χ2n) is 8.29. The molecule has 0 saturated carbocycles. The van der Waals surface area contributed by atoms with Gasteiger partial charge in [-0.05, 0) is 31.5 Å². The van der Waals surface area contributed by atoms with E-state index in [0.29, 0.717) is 11.4 Å². The number of anilines is 4. The van der Waals surface area contributed by atoms with Crippen LogP contribution in [-0.4, -0.2) is 45.2 Å². The Morgan fingerprint density at radius 1 is 1.21 bits per heavy atom. The molecular formula is C21H20F3N7O2S. The fourth-order valence-corrected chi connectivity index (χ4v) is 4.17. The number of nitrogens with zero attached hydrogens (tertiary/aromatic N) is 6. The van der Waals surface area contributed by atoms with E-state index in [1.807, 2.05) is 0 Å². The van der Waals surface area contributed by atoms with Crippen LogP contribution in [0.25, 0.3) is 11.5 Å². The van der Waals surface area contributed by atoms with Crippen molar-refractivity contribution in [1.82, 2.24) is 19.3 Å². The Hall–Kier alpha value is -3.61. The number of carbonyl (C=O) groups is 2. The molecule has 0 radical (unpaired) electrons. The fourth-order valence-electron chi connectivity index (χ4n) is 3.60. The van der Waals surface area contributed by atoms with Gasteiger partial charge in [0.1, 0.15) is 17.1 Å². The molecule has 0 fully saturated rings. The average Bonchev–Trinajstić information content (AvgIpc) is 3.30. The lowest BCUT2D eigenvalue weighted by Gasteiger charge is -2.18. The Labute approximate surface area is 196 Å². The van der Waals surface area contributed by atoms with Crippen LogP contribution in [0.5, 0.6) is 0 Å². The molecule has 0 saturated heterocycles. The van der Waals surface area contributed by atoms with Crippen molar-refractivity contribution >= 4 is 45.7 Å². The van der Waals surface area contributed by atoms with Crippen LogP contribution >= 0.6 is 11.5 Å². The van der Waals surface area contributed by atoms with Gasteiger partial charge in [-0.3, -0.25) is 14.6 Å². The molecule has 3 aromatic rings. The number of carbonyl (C=O) groups excluding carboxylic acids is 2. The highest BCUT2D eigenvalue weighted by Gasteiger charge is 2.43. The molecule has 178 valence electrons. The van der Waals surface area contributed by atoms with Crippen molar-refractivity contribution in [3.8, 4) is 11.5 Å². The van der Waals surface area contributed by atoms with Gasteiger partial charge >= 0.3 is 6.18 Å². The van der Waals surface area contributed by atoms with Crippen LogP contribution in [0.1, 0.15) is 31.9 Å². The van der Waals surface area contributed by atoms with Crippen molar-refractivity contribution in [3.05, 3.63) is 35.7 Å². The highest BCUT2D eigenvalue weighted by molar-refractivity contribution is 7.09. The largest absolute Gasteiger partial charge is 0.420 e. The molecule has 1 N–H and O–H groups in total. The topological polar surface area (TPSA) is 104 Å². The zero-order chi connectivity index (χ0) is 25.0. The van der Waals surface area contributed by atoms with Crippen molar-refractivity contribution in [1.29, 1.82) is 0 Å². The molecule has 1 aliphatic rings. The van der Waals surface area contributed by atoms with Crippen LogP contribution in [0, 0.1) is 0 Å². The summed E-state index contributed by atoms with van der Waals surface area (Å²) in [5.74, 6) is -0.761. The summed E-state index contributed by atoms with van der Waals surface area (Å²) in [7, 11) is 3.03. The van der Waals surface area contributed by atoms with E-state index in [4.69, 9.17) is 0 Å². The number of fused-ring (bicyclic) bond motifs is 1. The summed E-state index contributed by atoms with van der Waals surface area (Å²) in [5, 5.41) is 2.65. The zero-order valence-corrected chi connectivity index (χ0v) is 19.7. The fraction of sp³-hybridized carbons (Fsp3) is 0.333. The third-order valence-corrected chi connectivity index (χ3v) is 6.31. The predicted molar refractivity (Wildman–Crippen MR) is 121 cm³/mol. The van der Waals surface area contributed by atoms with Gasteiger partial charge in [0.05, 0.1) is 29.2 Å². The molecule has 0 bridgehead atoms. The number of alkyl halides is 3. The highest BCUT2D eigenvalue weighted by atomic mass is 32.1. The number of pyridine rings is 2. The molecule has 3 aromatic heterocycles. The molecule has 0 atom stereocenters. The summed E-state index contributed by atoms with van der Waals surface area (Å²) < 4.78 is 45.2. The minimum Gasteiger partial charge on any atom is -0.314 e. The first-order valence-electron chi connectivity index (χ1n) is 10.0. The van der Waals surface area contributed by atoms with E-state index in [-0.39, 0.29) is 22.6 Å². The molecule has 4 rings (SSSR count). The van der Waals surface area contributed by atoms with Gasteiger partial charge in [-0.1, -0.05) is 0 Å². The van der Waals surface area contributed by atoms with Gasteiger partial charge in [-0.25, -0.2) is 4.98 Å². The molecule has 13 heteroatoms. The summed E-state index contributed by atoms with van der Waals surface area (Å²) in [6, 6.07) is 2.56. The van der Waals surface area contributed by atoms with E-state index in [0.717, 1.165) is 28.1 Å². The first-order valence-corrected chi connectivity index (χ1v) is 10.8. The van der Waals surface area contributed by atoms with Gasteiger partial charge in [0.2, 0.25) is 16.9 Å². The van der Waals surface area contributed by atoms with E-state index in [9.17, 15) is 22.8 Å². The number of nitrogens with one attached hydrogen (secondary N) is 1. The number of rotatable bonds is 4. The maximum Gasteiger partial charge on any atom is 0.420 e. The Balaban J connectivity index is 1.65. The number of amides is 2. The zero-order valence-electron chi connectivity index (χ0n) is 18.9. The van der Waals surface area contributed by atoms with Gasteiger partial charge in [-0.15, -0.1) is 0 Å². The predicted octanol–water partition coefficient (Wildman–Crippen LogP) is 3.99. The van der Waals surface area contributed by atoms with Crippen LogP contribution in [0.15, 0.2) is 24.5 Å². The van der Waals surface area contributed by atoms with E-state index >= 15 is 0 Å². The number of hydrogen-bond donors (Lipinski definition) is 1. The molecule has 0 spiro atoms. The molecule has 34 heavy (non-hydrogen) atoms. The molecule has 2 amide bonds. The summed E-state index contributed by atoms with van der Waals surface area (Å²) in [4.78, 5) is 39.1. The Kier molecular flexibility index (Phi) is 5.55. The monoisotopic (exact) mass is 491 g/mol. The lowest BCUT2D eigenvalue weighted by atomic mass is 9.86. The van der Waals surface area contributed by atoms with Crippen molar-refractivity contribution in [2.45, 2.75) is 32.4 Å². The first-order chi connectivity index (χ1) is 15.8. The van der Waals surface area contributed by atoms with Crippen molar-refractivity contribution in [2.24, 2.45) is 0 Å². The van der Waals surface area contributed by atoms with Crippen LogP contribution in [0.2, 0.25) is 0 Å². The van der Waals surface area contributed by atoms with Crippen LogP contribution < -0.4 is 15.1 Å². The van der Waals surface area contributed by atoms with Crippen LogP contribution in [-0.2, 0) is 21.2 Å². The average molecular weight is 491 g/mol. The Morgan fingerprint density at radius 2 is 1.91 bits per heavy atom. The van der Waals surface area contributed by atoms with Gasteiger partial charge in [0.15, 0.2) is 5.82 Å². The number of likely N-dealkylation sites (N-methyl/N-ethyl adjacent to an activating group) is 1. The van der Waals surface area contributed by atoms with E-state index in [1.165, 1.54) is 25.1 Å². The maximum absolute atomic E-state index is 13.7. The quantitative estimate of drug-likeness (QED) is 0.588. The minimum absolute atomic E-state index is 0.00722. The standard InChI is InChI=1S/C21H20F3N7O2S/c1-10(32)30(4)11-6-13(21(22,23)24)16(26-8-11)27-19-28-17(29-34-19)14-7-12-15(9-25-14)31(5)18(33)20(12,2)3/h6-9H,1-5H3,(H,26,27,28,29). The van der Waals surface area contributed by atoms with Gasteiger partial charge in [0, 0.05) is 32.6 Å². The normalized spacial score (nSPS) is 14.8. The second kappa shape index (κ2) is 8.01. The Morgan fingerprint density at radius 3 is 2.56 bits per heavy atom. The smallest absolute Gasteiger partial charge is 0.314 e. The van der Waals surface area contributed by atoms with Gasteiger partial charge in [0.25, 0.3) is 0 Å². The van der Waals surface area contributed by atoms with Crippen LogP contribution in [0.4, 0.5) is 35.5 Å².